The SMILES string of the molecule is CCCCCCCCCCCCCCCCCCC(=O)O[C@@H](COC(=O)CCCCCCCCCCCCCCCCC(C)CC)COC(=O)CCCCCCCCCCCCCCCC(C)C. The lowest BCUT2D eigenvalue weighted by Gasteiger charge is -2.18. The molecule has 0 saturated heterocycles. The average Bonchev–Trinajstić information content (AvgIpc) is 3.32. The standard InChI is InChI=1S/C62H120O6/c1-6-8-9-10-11-12-13-14-15-16-23-29-34-39-44-49-54-62(65)68-59(56-67-61(64)53-48-43-38-33-28-24-19-20-25-30-35-40-45-50-57(3)4)55-66-60(63)52-47-42-37-32-27-22-18-17-21-26-31-36-41-46-51-58(5)7-2/h57-59H,6-56H2,1-5H3/t58?,59-/m0/s1. The first-order valence-corrected chi connectivity index (χ1v) is 30.8. The number of carbonyl (C=O) groups excluding carboxylic acids is 3. The van der Waals surface area contributed by atoms with Gasteiger partial charge in [0.1, 0.15) is 13.2 Å². The van der Waals surface area contributed by atoms with E-state index in [2.05, 4.69) is 34.6 Å². The van der Waals surface area contributed by atoms with Crippen molar-refractivity contribution >= 4 is 17.9 Å². The smallest absolute Gasteiger partial charge is 0.306 e. The van der Waals surface area contributed by atoms with E-state index in [0.29, 0.717) is 19.3 Å². The normalized spacial score (nSPS) is 12.4. The Morgan fingerprint density at radius 3 is 0.838 bits per heavy atom. The molecule has 0 rings (SSSR count). The molecule has 6 heteroatoms. The zero-order valence-electron chi connectivity index (χ0n) is 46.7. The molecule has 6 nitrogen and oxygen atoms in total. The highest BCUT2D eigenvalue weighted by atomic mass is 16.6. The summed E-state index contributed by atoms with van der Waals surface area (Å²) in [6.45, 7) is 11.5. The van der Waals surface area contributed by atoms with E-state index in [1.807, 2.05) is 0 Å². The maximum atomic E-state index is 12.9. The van der Waals surface area contributed by atoms with Crippen LogP contribution in [-0.2, 0) is 28.6 Å². The van der Waals surface area contributed by atoms with Gasteiger partial charge in [-0.2, -0.15) is 0 Å². The van der Waals surface area contributed by atoms with Crippen LogP contribution in [0.2, 0.25) is 0 Å². The molecule has 0 aromatic carbocycles. The number of rotatable bonds is 56. The van der Waals surface area contributed by atoms with E-state index in [4.69, 9.17) is 14.2 Å². The highest BCUT2D eigenvalue weighted by Crippen LogP contribution is 2.19. The Morgan fingerprint density at radius 2 is 0.559 bits per heavy atom. The lowest BCUT2D eigenvalue weighted by Crippen LogP contribution is -2.30. The number of unbranched alkanes of at least 4 members (excludes halogenated alkanes) is 40. The number of carbonyl (C=O) groups is 3. The first-order chi connectivity index (χ1) is 33.3. The van der Waals surface area contributed by atoms with Gasteiger partial charge in [-0.15, -0.1) is 0 Å². The van der Waals surface area contributed by atoms with E-state index in [0.717, 1.165) is 69.6 Å². The molecule has 0 saturated carbocycles. The summed E-state index contributed by atoms with van der Waals surface area (Å²) < 4.78 is 16.9. The molecule has 404 valence electrons. The molecule has 0 aromatic rings. The zero-order valence-corrected chi connectivity index (χ0v) is 46.7. The van der Waals surface area contributed by atoms with Gasteiger partial charge in [-0.1, -0.05) is 311 Å². The van der Waals surface area contributed by atoms with Crippen molar-refractivity contribution in [2.24, 2.45) is 11.8 Å². The van der Waals surface area contributed by atoms with Gasteiger partial charge in [0.15, 0.2) is 6.10 Å². The van der Waals surface area contributed by atoms with Crippen molar-refractivity contribution < 1.29 is 28.6 Å². The van der Waals surface area contributed by atoms with Crippen molar-refractivity contribution in [1.29, 1.82) is 0 Å². The fourth-order valence-corrected chi connectivity index (χ4v) is 9.55. The Balaban J connectivity index is 4.30. The second-order valence-corrected chi connectivity index (χ2v) is 22.1. The summed E-state index contributed by atoms with van der Waals surface area (Å²) in [5.41, 5.74) is 0. The molecule has 0 amide bonds. The second kappa shape index (κ2) is 54.7. The van der Waals surface area contributed by atoms with Crippen molar-refractivity contribution in [3.63, 3.8) is 0 Å². The molecular formula is C62H120O6. The Morgan fingerprint density at radius 1 is 0.309 bits per heavy atom. The van der Waals surface area contributed by atoms with Crippen molar-refractivity contribution in [2.75, 3.05) is 13.2 Å². The molecule has 0 aliphatic carbocycles. The molecule has 0 N–H and O–H groups in total. The second-order valence-electron chi connectivity index (χ2n) is 22.1. The van der Waals surface area contributed by atoms with Crippen LogP contribution in [0.3, 0.4) is 0 Å². The van der Waals surface area contributed by atoms with Crippen LogP contribution in [0, 0.1) is 11.8 Å². The molecule has 0 bridgehead atoms. The molecule has 2 atom stereocenters. The summed E-state index contributed by atoms with van der Waals surface area (Å²) in [5.74, 6) is 0.902. The molecule has 0 spiro atoms. The topological polar surface area (TPSA) is 78.9 Å². The average molecular weight is 962 g/mol. The lowest BCUT2D eigenvalue weighted by molar-refractivity contribution is -0.167. The van der Waals surface area contributed by atoms with Crippen LogP contribution in [0.4, 0.5) is 0 Å². The van der Waals surface area contributed by atoms with E-state index in [-0.39, 0.29) is 31.1 Å². The highest BCUT2D eigenvalue weighted by Gasteiger charge is 2.19. The summed E-state index contributed by atoms with van der Waals surface area (Å²) in [4.78, 5) is 38.2. The summed E-state index contributed by atoms with van der Waals surface area (Å²) in [5, 5.41) is 0. The van der Waals surface area contributed by atoms with Gasteiger partial charge in [-0.25, -0.2) is 0 Å². The van der Waals surface area contributed by atoms with Gasteiger partial charge in [-0.05, 0) is 31.1 Å². The van der Waals surface area contributed by atoms with Gasteiger partial charge >= 0.3 is 17.9 Å². The van der Waals surface area contributed by atoms with E-state index in [1.54, 1.807) is 0 Å². The first-order valence-electron chi connectivity index (χ1n) is 30.8. The quantitative estimate of drug-likeness (QED) is 0.0343. The van der Waals surface area contributed by atoms with Crippen molar-refractivity contribution in [3.05, 3.63) is 0 Å². The van der Waals surface area contributed by atoms with Crippen molar-refractivity contribution in [3.8, 4) is 0 Å². The van der Waals surface area contributed by atoms with Gasteiger partial charge in [0.25, 0.3) is 0 Å². The monoisotopic (exact) mass is 961 g/mol. The predicted octanol–water partition coefficient (Wildman–Crippen LogP) is 20.4. The number of ether oxygens (including phenoxy) is 3. The van der Waals surface area contributed by atoms with Gasteiger partial charge in [-0.3, -0.25) is 14.4 Å². The minimum Gasteiger partial charge on any atom is -0.462 e. The largest absolute Gasteiger partial charge is 0.462 e. The van der Waals surface area contributed by atoms with E-state index >= 15 is 0 Å². The van der Waals surface area contributed by atoms with Gasteiger partial charge in [0.05, 0.1) is 0 Å². The third kappa shape index (κ3) is 53.8. The third-order valence-electron chi connectivity index (χ3n) is 14.6. The summed E-state index contributed by atoms with van der Waals surface area (Å²) in [6.07, 6.45) is 59.4. The lowest BCUT2D eigenvalue weighted by atomic mass is 9.99. The minimum absolute atomic E-state index is 0.0622. The van der Waals surface area contributed by atoms with Gasteiger partial charge in [0.2, 0.25) is 0 Å². The maximum absolute atomic E-state index is 12.9. The molecule has 1 unspecified atom stereocenters. The summed E-state index contributed by atoms with van der Waals surface area (Å²) in [6, 6.07) is 0. The molecule has 0 aliphatic rings. The summed E-state index contributed by atoms with van der Waals surface area (Å²) >= 11 is 0. The Labute approximate surface area is 425 Å². The summed E-state index contributed by atoms with van der Waals surface area (Å²) in [7, 11) is 0. The number of hydrogen-bond donors (Lipinski definition) is 0. The van der Waals surface area contributed by atoms with Crippen LogP contribution >= 0.6 is 0 Å². The van der Waals surface area contributed by atoms with Crippen molar-refractivity contribution in [1.82, 2.24) is 0 Å². The van der Waals surface area contributed by atoms with Gasteiger partial charge in [0, 0.05) is 19.3 Å². The van der Waals surface area contributed by atoms with Crippen LogP contribution in [-0.4, -0.2) is 37.2 Å². The Hall–Kier alpha value is -1.59. The van der Waals surface area contributed by atoms with E-state index < -0.39 is 6.10 Å². The first kappa shape index (κ1) is 66.4. The molecule has 0 heterocycles. The van der Waals surface area contributed by atoms with Crippen LogP contribution in [0.5, 0.6) is 0 Å². The van der Waals surface area contributed by atoms with Crippen LogP contribution in [0.25, 0.3) is 0 Å². The Kier molecular flexibility index (Phi) is 53.5. The maximum Gasteiger partial charge on any atom is 0.306 e. The fraction of sp³-hybridized carbons (Fsp3) is 0.952. The highest BCUT2D eigenvalue weighted by molar-refractivity contribution is 5.71. The molecule has 0 fully saturated rings. The predicted molar refractivity (Wildman–Crippen MR) is 293 cm³/mol. The minimum atomic E-state index is -0.763. The zero-order chi connectivity index (χ0) is 49.6. The fourth-order valence-electron chi connectivity index (χ4n) is 9.55. The Bertz CT molecular complexity index is 1040. The molecular weight excluding hydrogens is 841 g/mol. The number of esters is 3. The van der Waals surface area contributed by atoms with Crippen LogP contribution in [0.1, 0.15) is 349 Å². The molecule has 68 heavy (non-hydrogen) atoms. The molecule has 0 radical (unpaired) electrons. The van der Waals surface area contributed by atoms with Crippen LogP contribution in [0.15, 0.2) is 0 Å². The van der Waals surface area contributed by atoms with Gasteiger partial charge < -0.3 is 14.2 Å². The number of hydrogen-bond acceptors (Lipinski definition) is 6. The van der Waals surface area contributed by atoms with E-state index in [1.165, 1.54) is 238 Å². The van der Waals surface area contributed by atoms with Crippen LogP contribution < -0.4 is 0 Å². The molecule has 0 aliphatic heterocycles. The molecule has 0 aromatic heterocycles. The van der Waals surface area contributed by atoms with Crippen molar-refractivity contribution in [2.45, 2.75) is 355 Å². The van der Waals surface area contributed by atoms with E-state index in [9.17, 15) is 14.4 Å². The third-order valence-corrected chi connectivity index (χ3v) is 14.6.